The van der Waals surface area contributed by atoms with E-state index < -0.39 is 0 Å². The highest BCUT2D eigenvalue weighted by Crippen LogP contribution is 2.19. The molecule has 5 nitrogen and oxygen atoms in total. The van der Waals surface area contributed by atoms with Gasteiger partial charge in [-0.05, 0) is 55.3 Å². The lowest BCUT2D eigenvalue weighted by molar-refractivity contribution is 0.0950. The number of amides is 1. The van der Waals surface area contributed by atoms with Crippen molar-refractivity contribution < 1.29 is 4.79 Å². The minimum absolute atomic E-state index is 0.178. The Kier molecular flexibility index (Phi) is 5.04. The number of benzene rings is 1. The fraction of sp³-hybridized carbons (Fsp3) is 0.150. The summed E-state index contributed by atoms with van der Waals surface area (Å²) in [4.78, 5) is 20.7. The van der Waals surface area contributed by atoms with Gasteiger partial charge < -0.3 is 10.6 Å². The van der Waals surface area contributed by atoms with Crippen LogP contribution in [0.2, 0.25) is 0 Å². The highest BCUT2D eigenvalue weighted by atomic mass is 16.1. The second kappa shape index (κ2) is 7.57. The number of hydrogen-bond acceptors (Lipinski definition) is 4. The van der Waals surface area contributed by atoms with Gasteiger partial charge in [-0.3, -0.25) is 14.8 Å². The minimum atomic E-state index is -0.178. The van der Waals surface area contributed by atoms with Gasteiger partial charge in [0.15, 0.2) is 0 Å². The Bertz CT molecular complexity index is 858. The number of nitrogens with one attached hydrogen (secondary N) is 2. The van der Waals surface area contributed by atoms with Crippen molar-refractivity contribution in [2.75, 3.05) is 5.32 Å². The maximum absolute atomic E-state index is 12.3. The number of nitrogens with zero attached hydrogens (tertiary/aromatic N) is 2. The lowest BCUT2D eigenvalue weighted by Crippen LogP contribution is -2.23. The second-order valence-corrected chi connectivity index (χ2v) is 5.97. The lowest BCUT2D eigenvalue weighted by atomic mass is 10.1. The van der Waals surface area contributed by atoms with Crippen LogP contribution < -0.4 is 10.6 Å². The molecule has 0 bridgehead atoms. The van der Waals surface area contributed by atoms with Crippen LogP contribution in [0, 0.1) is 13.8 Å². The normalized spacial score (nSPS) is 10.3. The molecule has 2 aromatic heterocycles. The first kappa shape index (κ1) is 16.6. The van der Waals surface area contributed by atoms with Gasteiger partial charge in [0, 0.05) is 18.1 Å². The molecule has 0 radical (unpaired) electrons. The molecule has 2 N–H and O–H groups in total. The summed E-state index contributed by atoms with van der Waals surface area (Å²) in [6.07, 6.45) is 4.96. The van der Waals surface area contributed by atoms with Gasteiger partial charge in [-0.15, -0.1) is 0 Å². The maximum atomic E-state index is 12.3. The molecule has 0 aliphatic rings. The van der Waals surface area contributed by atoms with Crippen LogP contribution in [-0.2, 0) is 6.54 Å². The molecule has 0 saturated carbocycles. The molecule has 0 saturated heterocycles. The first-order chi connectivity index (χ1) is 12.1. The minimum Gasteiger partial charge on any atom is -0.354 e. The molecular formula is C20H20N4O. The summed E-state index contributed by atoms with van der Waals surface area (Å²) in [5.74, 6) is -0.178. The lowest BCUT2D eigenvalue weighted by Gasteiger charge is -2.10. The van der Waals surface area contributed by atoms with Crippen molar-refractivity contribution in [3.63, 3.8) is 0 Å². The van der Waals surface area contributed by atoms with Crippen LogP contribution in [0.5, 0.6) is 0 Å². The Labute approximate surface area is 147 Å². The first-order valence-corrected chi connectivity index (χ1v) is 8.08. The van der Waals surface area contributed by atoms with E-state index >= 15 is 0 Å². The summed E-state index contributed by atoms with van der Waals surface area (Å²) in [7, 11) is 0. The molecule has 0 aliphatic heterocycles. The van der Waals surface area contributed by atoms with Crippen molar-refractivity contribution >= 4 is 17.3 Å². The molecule has 1 amide bonds. The molecule has 2 heterocycles. The van der Waals surface area contributed by atoms with Crippen LogP contribution >= 0.6 is 0 Å². The molecule has 25 heavy (non-hydrogen) atoms. The van der Waals surface area contributed by atoms with E-state index in [1.54, 1.807) is 24.7 Å². The number of aryl methyl sites for hydroxylation is 2. The molecular weight excluding hydrogens is 312 g/mol. The van der Waals surface area contributed by atoms with Crippen LogP contribution in [0.4, 0.5) is 11.4 Å². The summed E-state index contributed by atoms with van der Waals surface area (Å²) < 4.78 is 0. The molecule has 1 aromatic carbocycles. The van der Waals surface area contributed by atoms with Crippen LogP contribution in [-0.4, -0.2) is 15.9 Å². The molecule has 0 unspecified atom stereocenters. The number of carbonyl (C=O) groups is 1. The van der Waals surface area contributed by atoms with Crippen LogP contribution in [0.15, 0.2) is 61.1 Å². The van der Waals surface area contributed by atoms with Gasteiger partial charge in [-0.1, -0.05) is 12.1 Å². The Morgan fingerprint density at radius 2 is 1.80 bits per heavy atom. The predicted molar refractivity (Wildman–Crippen MR) is 98.8 cm³/mol. The third-order valence-electron chi connectivity index (χ3n) is 3.67. The summed E-state index contributed by atoms with van der Waals surface area (Å²) in [5.41, 5.74) is 5.43. The Morgan fingerprint density at radius 3 is 2.52 bits per heavy atom. The van der Waals surface area contributed by atoms with Crippen molar-refractivity contribution in [1.29, 1.82) is 0 Å². The monoisotopic (exact) mass is 332 g/mol. The predicted octanol–water partition coefficient (Wildman–Crippen LogP) is 3.77. The summed E-state index contributed by atoms with van der Waals surface area (Å²) in [5, 5.41) is 6.16. The molecule has 0 atom stereocenters. The van der Waals surface area contributed by atoms with Gasteiger partial charge in [0.05, 0.1) is 29.7 Å². The molecule has 3 aromatic rings. The number of aromatic nitrogens is 2. The van der Waals surface area contributed by atoms with Crippen molar-refractivity contribution in [2.24, 2.45) is 0 Å². The van der Waals surface area contributed by atoms with E-state index in [-0.39, 0.29) is 5.91 Å². The summed E-state index contributed by atoms with van der Waals surface area (Å²) >= 11 is 0. The molecule has 126 valence electrons. The van der Waals surface area contributed by atoms with Crippen molar-refractivity contribution in [3.05, 3.63) is 83.4 Å². The Hall–Kier alpha value is -3.21. The molecule has 0 spiro atoms. The fourth-order valence-corrected chi connectivity index (χ4v) is 2.62. The average Bonchev–Trinajstić information content (AvgIpc) is 2.60. The molecule has 5 heteroatoms. The highest BCUT2D eigenvalue weighted by Gasteiger charge is 2.07. The van der Waals surface area contributed by atoms with Crippen LogP contribution in [0.25, 0.3) is 0 Å². The highest BCUT2D eigenvalue weighted by molar-refractivity contribution is 5.94. The zero-order chi connectivity index (χ0) is 17.6. The Morgan fingerprint density at radius 1 is 1.00 bits per heavy atom. The maximum Gasteiger partial charge on any atom is 0.253 e. The van der Waals surface area contributed by atoms with E-state index in [0.29, 0.717) is 12.1 Å². The van der Waals surface area contributed by atoms with E-state index in [1.165, 1.54) is 11.1 Å². The smallest absolute Gasteiger partial charge is 0.253 e. The number of carbonyl (C=O) groups excluding carboxylic acids is 1. The van der Waals surface area contributed by atoms with Gasteiger partial charge in [0.25, 0.3) is 5.91 Å². The SMILES string of the molecule is Cc1cc(C)cc(Nc2cncc(C(=O)NCc3ccccn3)c2)c1. The van der Waals surface area contributed by atoms with Crippen LogP contribution in [0.3, 0.4) is 0 Å². The quantitative estimate of drug-likeness (QED) is 0.746. The largest absolute Gasteiger partial charge is 0.354 e. The molecule has 0 fully saturated rings. The van der Waals surface area contributed by atoms with Gasteiger partial charge in [-0.2, -0.15) is 0 Å². The van der Waals surface area contributed by atoms with E-state index in [1.807, 2.05) is 18.2 Å². The third-order valence-corrected chi connectivity index (χ3v) is 3.67. The fourth-order valence-electron chi connectivity index (χ4n) is 2.62. The third kappa shape index (κ3) is 4.64. The number of anilines is 2. The first-order valence-electron chi connectivity index (χ1n) is 8.08. The molecule has 0 aliphatic carbocycles. The van der Waals surface area contributed by atoms with Gasteiger partial charge in [0.2, 0.25) is 0 Å². The van der Waals surface area contributed by atoms with Gasteiger partial charge in [0.1, 0.15) is 0 Å². The number of hydrogen-bond donors (Lipinski definition) is 2. The zero-order valence-electron chi connectivity index (χ0n) is 14.3. The topological polar surface area (TPSA) is 66.9 Å². The van der Waals surface area contributed by atoms with Crippen molar-refractivity contribution in [1.82, 2.24) is 15.3 Å². The number of rotatable bonds is 5. The zero-order valence-corrected chi connectivity index (χ0v) is 14.3. The standard InChI is InChI=1S/C20H20N4O/c1-14-7-15(2)9-18(8-14)24-19-10-16(11-21-12-19)20(25)23-13-17-5-3-4-6-22-17/h3-12,24H,13H2,1-2H3,(H,23,25). The van der Waals surface area contributed by atoms with Gasteiger partial charge in [-0.25, -0.2) is 0 Å². The van der Waals surface area contributed by atoms with E-state index in [0.717, 1.165) is 17.1 Å². The number of pyridine rings is 2. The average molecular weight is 332 g/mol. The van der Waals surface area contributed by atoms with Crippen molar-refractivity contribution in [3.8, 4) is 0 Å². The van der Waals surface area contributed by atoms with Crippen molar-refractivity contribution in [2.45, 2.75) is 20.4 Å². The van der Waals surface area contributed by atoms with E-state index in [9.17, 15) is 4.79 Å². The molecule has 3 rings (SSSR count). The Balaban J connectivity index is 1.69. The van der Waals surface area contributed by atoms with Crippen LogP contribution in [0.1, 0.15) is 27.2 Å². The summed E-state index contributed by atoms with van der Waals surface area (Å²) in [6.45, 7) is 4.49. The summed E-state index contributed by atoms with van der Waals surface area (Å²) in [6, 6.07) is 13.6. The van der Waals surface area contributed by atoms with E-state index in [4.69, 9.17) is 0 Å². The second-order valence-electron chi connectivity index (χ2n) is 5.97. The van der Waals surface area contributed by atoms with Gasteiger partial charge >= 0.3 is 0 Å². The van der Waals surface area contributed by atoms with E-state index in [2.05, 4.69) is 52.6 Å².